The molecule has 0 N–H and O–H groups in total. The van der Waals surface area contributed by atoms with Crippen LogP contribution in [0.4, 0.5) is 34.1 Å². The highest BCUT2D eigenvalue weighted by Gasteiger charge is 2.42. The minimum atomic E-state index is -0.551. The van der Waals surface area contributed by atoms with E-state index < -0.39 is 17.4 Å². The summed E-state index contributed by atoms with van der Waals surface area (Å²) in [6, 6.07) is 77.5. The Kier molecular flexibility index (Phi) is 30.3. The van der Waals surface area contributed by atoms with E-state index in [0.717, 1.165) is 79.6 Å². The van der Waals surface area contributed by atoms with Crippen LogP contribution in [0.5, 0.6) is 17.2 Å². The number of rotatable bonds is 45. The number of nitrogens with zero attached hydrogens (tertiary/aromatic N) is 2. The van der Waals surface area contributed by atoms with Crippen molar-refractivity contribution in [2.24, 2.45) is 0 Å². The smallest absolute Gasteiger partial charge is 0.341 e. The third-order valence-corrected chi connectivity index (χ3v) is 18.9. The van der Waals surface area contributed by atoms with Crippen molar-refractivity contribution in [3.05, 3.63) is 258 Å². The molecule has 0 aliphatic heterocycles. The number of fused-ring (bicyclic) bond motifs is 3. The second-order valence-electron chi connectivity index (χ2n) is 25.8. The van der Waals surface area contributed by atoms with E-state index >= 15 is 0 Å². The molecule has 0 spiro atoms. The zero-order chi connectivity index (χ0) is 76.0. The summed E-state index contributed by atoms with van der Waals surface area (Å²) >= 11 is 0. The molecule has 1 aliphatic carbocycles. The van der Waals surface area contributed by atoms with E-state index in [2.05, 4.69) is 181 Å². The Morgan fingerprint density at radius 3 is 1.02 bits per heavy atom. The van der Waals surface area contributed by atoms with E-state index in [1.165, 1.54) is 27.8 Å². The maximum absolute atomic E-state index is 14.1. The number of aryl methyl sites for hydroxylation is 1. The largest absolute Gasteiger partial charge is 0.491 e. The molecule has 0 fully saturated rings. The van der Waals surface area contributed by atoms with E-state index in [4.69, 9.17) is 66.3 Å². The van der Waals surface area contributed by atoms with Gasteiger partial charge < -0.3 is 76.1 Å². The molecule has 570 valence electrons. The lowest BCUT2D eigenvalue weighted by Gasteiger charge is -2.30. The Bertz CT molecular complexity index is 4480. The third-order valence-electron chi connectivity index (χ3n) is 18.9. The molecule has 0 bridgehead atoms. The highest BCUT2D eigenvalue weighted by atomic mass is 16.6. The lowest BCUT2D eigenvalue weighted by molar-refractivity contribution is 0.0177. The van der Waals surface area contributed by atoms with Gasteiger partial charge in [0.15, 0.2) is 0 Å². The van der Waals surface area contributed by atoms with Crippen molar-refractivity contribution in [1.29, 1.82) is 0 Å². The molecular weight excluding hydrogens is 1380 g/mol. The molecule has 10 aromatic carbocycles. The van der Waals surface area contributed by atoms with Crippen molar-refractivity contribution in [3.63, 3.8) is 0 Å². The van der Waals surface area contributed by atoms with Crippen molar-refractivity contribution >= 4 is 46.1 Å². The number of anilines is 6. The van der Waals surface area contributed by atoms with E-state index in [1.54, 1.807) is 47.3 Å². The van der Waals surface area contributed by atoms with Gasteiger partial charge in [-0.15, -0.1) is 0 Å². The Morgan fingerprint density at radius 2 is 0.633 bits per heavy atom. The van der Waals surface area contributed by atoms with Crippen molar-refractivity contribution in [2.75, 3.05) is 163 Å². The molecule has 0 heterocycles. The highest BCUT2D eigenvalue weighted by Crippen LogP contribution is 2.55. The van der Waals surface area contributed by atoms with Gasteiger partial charge in [-0.2, -0.15) is 0 Å². The first-order valence-electron chi connectivity index (χ1n) is 37.5. The average molecular weight is 1480 g/mol. The molecule has 0 saturated carbocycles. The van der Waals surface area contributed by atoms with Crippen LogP contribution in [-0.2, 0) is 63.9 Å². The number of benzene rings is 10. The van der Waals surface area contributed by atoms with E-state index in [1.807, 2.05) is 54.6 Å². The first-order chi connectivity index (χ1) is 53.6. The first kappa shape index (κ1) is 79.8. The number of hydrogen-bond donors (Lipinski definition) is 0. The van der Waals surface area contributed by atoms with Gasteiger partial charge in [-0.05, 0) is 197 Å². The van der Waals surface area contributed by atoms with Crippen molar-refractivity contribution in [1.82, 2.24) is 0 Å². The van der Waals surface area contributed by atoms with Crippen LogP contribution in [0.15, 0.2) is 224 Å². The summed E-state index contributed by atoms with van der Waals surface area (Å²) in [6.07, 6.45) is 0.780. The van der Waals surface area contributed by atoms with Gasteiger partial charge in [0.2, 0.25) is 0 Å². The summed E-state index contributed by atoms with van der Waals surface area (Å²) in [7, 11) is 4.93. The predicted octanol–water partition coefficient (Wildman–Crippen LogP) is 18.1. The van der Waals surface area contributed by atoms with Gasteiger partial charge in [-0.3, -0.25) is 0 Å². The molecule has 11 rings (SSSR count). The number of hydrogen-bond acceptors (Lipinski definition) is 18. The molecular formula is C91H100N2O16. The standard InChI is InChI=1S/C91H100N2O16/c1-8-66-61-73(29-40-86(66)107-58-55-102-52-49-99-46-43-96-5)91(4)84-62-71(67-17-13-11-14-18-67)27-38-80(84)81-39-28-72(63-85(81)91)70-25-34-77(35-26-70)93(79-37-42-88(83(65-79)90(95)106-10-3)109-60-57-104-54-51-101-48-45-98-7)76-32-23-69(24-33-76)68-21-30-75(31-22-68)92(74-19-15-12-16-20-74)78-36-41-87(82(64-78)89(94)105-9-2)108-59-56-103-53-50-100-47-44-97-6/h11-42,61-65H,8-10,43-60H2,1-7H3. The first-order valence-corrected chi connectivity index (χ1v) is 37.5. The SMILES string of the molecule is CCOC(=O)c1cc(N(c2ccccc2)c2ccc(-c3ccc(N(c4ccc(-c5ccc6c(c5)C(C)(c5ccc(OCCOCCOCCOC)c(CC)c5)c5cc(-c7ccccc7)ccc5-6)cc4)c4ccc(OCCOCCOCCOC)c(C(=O)OCC)c4)cc3)cc2)ccc1OCCOCCOCCOC. The lowest BCUT2D eigenvalue weighted by Crippen LogP contribution is -2.23. The van der Waals surface area contributed by atoms with Gasteiger partial charge in [0.05, 0.1) is 112 Å². The lowest BCUT2D eigenvalue weighted by atomic mass is 9.73. The maximum Gasteiger partial charge on any atom is 0.341 e. The Labute approximate surface area is 641 Å². The normalized spacial score (nSPS) is 12.8. The molecule has 18 nitrogen and oxygen atoms in total. The van der Waals surface area contributed by atoms with Crippen LogP contribution in [0.2, 0.25) is 0 Å². The molecule has 1 atom stereocenters. The van der Waals surface area contributed by atoms with Gasteiger partial charge >= 0.3 is 11.9 Å². The second kappa shape index (κ2) is 41.4. The zero-order valence-electron chi connectivity index (χ0n) is 63.6. The highest BCUT2D eigenvalue weighted by molar-refractivity contribution is 5.96. The van der Waals surface area contributed by atoms with Crippen molar-refractivity contribution in [3.8, 4) is 61.8 Å². The zero-order valence-corrected chi connectivity index (χ0v) is 63.6. The molecule has 0 radical (unpaired) electrons. The summed E-state index contributed by atoms with van der Waals surface area (Å²) in [5.41, 5.74) is 18.4. The summed E-state index contributed by atoms with van der Waals surface area (Å²) in [4.78, 5) is 31.9. The average Bonchev–Trinajstić information content (AvgIpc) is 1.55. The number of para-hydroxylation sites is 1. The molecule has 0 saturated heterocycles. The minimum absolute atomic E-state index is 0.171. The Morgan fingerprint density at radius 1 is 0.312 bits per heavy atom. The van der Waals surface area contributed by atoms with Crippen LogP contribution < -0.4 is 24.0 Å². The van der Waals surface area contributed by atoms with Crippen molar-refractivity contribution < 1.29 is 75.9 Å². The number of carbonyl (C=O) groups is 2. The van der Waals surface area contributed by atoms with Crippen LogP contribution in [0.3, 0.4) is 0 Å². The number of esters is 2. The second-order valence-corrected chi connectivity index (χ2v) is 25.8. The van der Waals surface area contributed by atoms with Crippen LogP contribution >= 0.6 is 0 Å². The van der Waals surface area contributed by atoms with Crippen molar-refractivity contribution in [2.45, 2.75) is 39.5 Å². The fourth-order valence-electron chi connectivity index (χ4n) is 13.3. The van der Waals surface area contributed by atoms with E-state index in [0.29, 0.717) is 122 Å². The summed E-state index contributed by atoms with van der Waals surface area (Å²) in [5.74, 6) is 0.594. The summed E-state index contributed by atoms with van der Waals surface area (Å²) < 4.78 is 79.4. The number of carbonyl (C=O) groups excluding carboxylic acids is 2. The fourth-order valence-corrected chi connectivity index (χ4v) is 13.3. The van der Waals surface area contributed by atoms with Gasteiger partial charge in [-0.1, -0.05) is 128 Å². The van der Waals surface area contributed by atoms with Gasteiger partial charge in [-0.25, -0.2) is 9.59 Å². The van der Waals surface area contributed by atoms with Gasteiger partial charge in [0.25, 0.3) is 0 Å². The van der Waals surface area contributed by atoms with Crippen LogP contribution in [0.1, 0.15) is 70.7 Å². The van der Waals surface area contributed by atoms with Gasteiger partial charge in [0, 0.05) is 60.9 Å². The monoisotopic (exact) mass is 1480 g/mol. The minimum Gasteiger partial charge on any atom is -0.491 e. The summed E-state index contributed by atoms with van der Waals surface area (Å²) in [5, 5.41) is 0. The predicted molar refractivity (Wildman–Crippen MR) is 428 cm³/mol. The van der Waals surface area contributed by atoms with E-state index in [-0.39, 0.29) is 38.6 Å². The number of ether oxygens (including phenoxy) is 14. The maximum atomic E-state index is 14.1. The molecule has 109 heavy (non-hydrogen) atoms. The topological polar surface area (TPSA) is 170 Å². The van der Waals surface area contributed by atoms with Gasteiger partial charge in [0.1, 0.15) is 48.2 Å². The number of methoxy groups -OCH3 is 3. The molecule has 1 unspecified atom stereocenters. The molecule has 0 amide bonds. The summed E-state index contributed by atoms with van der Waals surface area (Å²) in [6.45, 7) is 16.0. The molecule has 0 aromatic heterocycles. The Hall–Kier alpha value is -10.2. The molecule has 18 heteroatoms. The third kappa shape index (κ3) is 20.8. The fraction of sp³-hybridized carbons (Fsp3) is 0.319. The quantitative estimate of drug-likeness (QED) is 0.0261. The Balaban J connectivity index is 0.902. The molecule has 1 aliphatic rings. The van der Waals surface area contributed by atoms with E-state index in [9.17, 15) is 9.59 Å². The molecule has 10 aromatic rings. The van der Waals surface area contributed by atoms with Crippen LogP contribution in [0, 0.1) is 0 Å². The van der Waals surface area contributed by atoms with Crippen LogP contribution in [-0.4, -0.2) is 165 Å². The van der Waals surface area contributed by atoms with Crippen LogP contribution in [0.25, 0.3) is 44.5 Å².